The SMILES string of the molecule is CC(N)C(=O)N1CCCCC1CN1CCOCC1.Cl. The predicted octanol–water partition coefficient (Wildman–Crippen LogP) is 0.469. The molecule has 0 aliphatic carbocycles. The summed E-state index contributed by atoms with van der Waals surface area (Å²) < 4.78 is 5.36. The predicted molar refractivity (Wildman–Crippen MR) is 77.5 cm³/mol. The van der Waals surface area contributed by atoms with Gasteiger partial charge in [-0.2, -0.15) is 0 Å². The second kappa shape index (κ2) is 8.04. The van der Waals surface area contributed by atoms with Gasteiger partial charge in [0.15, 0.2) is 0 Å². The van der Waals surface area contributed by atoms with Crippen molar-refractivity contribution in [1.29, 1.82) is 0 Å². The van der Waals surface area contributed by atoms with Gasteiger partial charge in [0.1, 0.15) is 0 Å². The number of morpholine rings is 1. The molecule has 0 aromatic heterocycles. The zero-order valence-electron chi connectivity index (χ0n) is 11.7. The molecule has 6 heteroatoms. The van der Waals surface area contributed by atoms with Crippen LogP contribution in [-0.2, 0) is 9.53 Å². The number of carbonyl (C=O) groups excluding carboxylic acids is 1. The summed E-state index contributed by atoms with van der Waals surface area (Å²) in [6.45, 7) is 7.22. The third-order valence-corrected chi connectivity index (χ3v) is 3.87. The fraction of sp³-hybridized carbons (Fsp3) is 0.923. The van der Waals surface area contributed by atoms with Crippen molar-refractivity contribution in [3.63, 3.8) is 0 Å². The Hall–Kier alpha value is -0.360. The second-order valence-electron chi connectivity index (χ2n) is 5.38. The quantitative estimate of drug-likeness (QED) is 0.821. The lowest BCUT2D eigenvalue weighted by molar-refractivity contribution is -0.136. The number of carbonyl (C=O) groups is 1. The summed E-state index contributed by atoms with van der Waals surface area (Å²) >= 11 is 0. The van der Waals surface area contributed by atoms with Gasteiger partial charge in [-0.05, 0) is 26.2 Å². The Morgan fingerprint density at radius 2 is 2.00 bits per heavy atom. The van der Waals surface area contributed by atoms with Crippen LogP contribution in [0.3, 0.4) is 0 Å². The van der Waals surface area contributed by atoms with E-state index in [1.807, 2.05) is 4.90 Å². The van der Waals surface area contributed by atoms with Gasteiger partial charge in [-0.3, -0.25) is 9.69 Å². The van der Waals surface area contributed by atoms with Crippen LogP contribution in [0.5, 0.6) is 0 Å². The van der Waals surface area contributed by atoms with Crippen molar-refractivity contribution in [3.8, 4) is 0 Å². The van der Waals surface area contributed by atoms with Crippen molar-refractivity contribution in [3.05, 3.63) is 0 Å². The van der Waals surface area contributed by atoms with Crippen LogP contribution in [0.4, 0.5) is 0 Å². The molecule has 2 heterocycles. The van der Waals surface area contributed by atoms with Gasteiger partial charge in [0, 0.05) is 32.2 Å². The fourth-order valence-corrected chi connectivity index (χ4v) is 2.82. The number of nitrogens with two attached hydrogens (primary N) is 1. The van der Waals surface area contributed by atoms with E-state index in [1.54, 1.807) is 6.92 Å². The third-order valence-electron chi connectivity index (χ3n) is 3.87. The highest BCUT2D eigenvalue weighted by atomic mass is 35.5. The lowest BCUT2D eigenvalue weighted by Crippen LogP contribution is -2.54. The number of likely N-dealkylation sites (tertiary alicyclic amines) is 1. The standard InChI is InChI=1S/C13H25N3O2.ClH/c1-11(14)13(17)16-5-3-2-4-12(16)10-15-6-8-18-9-7-15;/h11-12H,2-10,14H2,1H3;1H. The monoisotopic (exact) mass is 291 g/mol. The summed E-state index contributed by atoms with van der Waals surface area (Å²) in [5.74, 6) is 0.105. The molecule has 1 amide bonds. The summed E-state index contributed by atoms with van der Waals surface area (Å²) in [6, 6.07) is -0.0364. The number of ether oxygens (including phenoxy) is 1. The summed E-state index contributed by atoms with van der Waals surface area (Å²) in [5.41, 5.74) is 5.74. The van der Waals surface area contributed by atoms with Crippen molar-refractivity contribution >= 4 is 18.3 Å². The summed E-state index contributed by atoms with van der Waals surface area (Å²) in [7, 11) is 0. The maximum absolute atomic E-state index is 12.1. The molecule has 2 N–H and O–H groups in total. The van der Waals surface area contributed by atoms with Gasteiger partial charge in [-0.15, -0.1) is 12.4 Å². The zero-order valence-corrected chi connectivity index (χ0v) is 12.5. The summed E-state index contributed by atoms with van der Waals surface area (Å²) in [5, 5.41) is 0. The molecule has 2 unspecified atom stereocenters. The van der Waals surface area contributed by atoms with E-state index in [-0.39, 0.29) is 24.4 Å². The number of rotatable bonds is 3. The van der Waals surface area contributed by atoms with Gasteiger partial charge in [-0.1, -0.05) is 0 Å². The van der Waals surface area contributed by atoms with Gasteiger partial charge >= 0.3 is 0 Å². The second-order valence-corrected chi connectivity index (χ2v) is 5.38. The molecule has 0 radical (unpaired) electrons. The Morgan fingerprint density at radius 1 is 1.32 bits per heavy atom. The molecule has 0 aromatic carbocycles. The summed E-state index contributed by atoms with van der Waals surface area (Å²) in [6.07, 6.45) is 3.44. The third kappa shape index (κ3) is 4.60. The first-order valence-corrected chi connectivity index (χ1v) is 7.04. The minimum Gasteiger partial charge on any atom is -0.379 e. The highest BCUT2D eigenvalue weighted by Crippen LogP contribution is 2.19. The van der Waals surface area contributed by atoms with E-state index in [1.165, 1.54) is 6.42 Å². The van der Waals surface area contributed by atoms with Crippen molar-refractivity contribution in [2.24, 2.45) is 5.73 Å². The van der Waals surface area contributed by atoms with Crippen LogP contribution >= 0.6 is 12.4 Å². The van der Waals surface area contributed by atoms with Crippen molar-refractivity contribution in [2.75, 3.05) is 39.4 Å². The van der Waals surface area contributed by atoms with E-state index >= 15 is 0 Å². The van der Waals surface area contributed by atoms with Crippen LogP contribution < -0.4 is 5.73 Å². The van der Waals surface area contributed by atoms with E-state index in [0.717, 1.165) is 52.2 Å². The Balaban J connectivity index is 0.00000180. The molecule has 2 aliphatic rings. The normalized spacial score (nSPS) is 26.6. The van der Waals surface area contributed by atoms with Crippen LogP contribution in [0.1, 0.15) is 26.2 Å². The average Bonchev–Trinajstić information content (AvgIpc) is 2.39. The zero-order chi connectivity index (χ0) is 13.0. The first-order chi connectivity index (χ1) is 8.68. The molecule has 0 bridgehead atoms. The Labute approximate surface area is 121 Å². The molecular weight excluding hydrogens is 266 g/mol. The molecule has 19 heavy (non-hydrogen) atoms. The van der Waals surface area contributed by atoms with Crippen LogP contribution in [0, 0.1) is 0 Å². The topological polar surface area (TPSA) is 58.8 Å². The number of hydrogen-bond acceptors (Lipinski definition) is 4. The molecule has 2 saturated heterocycles. The molecule has 112 valence electrons. The lowest BCUT2D eigenvalue weighted by atomic mass is 10.0. The fourth-order valence-electron chi connectivity index (χ4n) is 2.82. The largest absolute Gasteiger partial charge is 0.379 e. The van der Waals surface area contributed by atoms with Crippen molar-refractivity contribution < 1.29 is 9.53 Å². The molecule has 0 saturated carbocycles. The molecule has 0 spiro atoms. The Morgan fingerprint density at radius 3 is 2.63 bits per heavy atom. The van der Waals surface area contributed by atoms with E-state index < -0.39 is 0 Å². The number of nitrogens with zero attached hydrogens (tertiary/aromatic N) is 2. The van der Waals surface area contributed by atoms with Crippen LogP contribution in [0.25, 0.3) is 0 Å². The smallest absolute Gasteiger partial charge is 0.239 e. The minimum atomic E-state index is -0.379. The molecular formula is C13H26ClN3O2. The maximum atomic E-state index is 12.1. The molecule has 2 fully saturated rings. The van der Waals surface area contributed by atoms with Crippen LogP contribution in [-0.4, -0.2) is 67.2 Å². The van der Waals surface area contributed by atoms with E-state index in [0.29, 0.717) is 6.04 Å². The number of halogens is 1. The molecule has 2 aliphatic heterocycles. The van der Waals surface area contributed by atoms with Gasteiger partial charge in [0.05, 0.1) is 19.3 Å². The highest BCUT2D eigenvalue weighted by Gasteiger charge is 2.29. The number of amides is 1. The molecule has 2 atom stereocenters. The summed E-state index contributed by atoms with van der Waals surface area (Å²) in [4.78, 5) is 16.5. The van der Waals surface area contributed by atoms with Gasteiger partial charge in [0.25, 0.3) is 0 Å². The van der Waals surface area contributed by atoms with Crippen molar-refractivity contribution in [2.45, 2.75) is 38.3 Å². The lowest BCUT2D eigenvalue weighted by Gasteiger charge is -2.40. The van der Waals surface area contributed by atoms with Gasteiger partial charge in [0.2, 0.25) is 5.91 Å². The van der Waals surface area contributed by atoms with Gasteiger partial charge < -0.3 is 15.4 Å². The van der Waals surface area contributed by atoms with Crippen molar-refractivity contribution in [1.82, 2.24) is 9.80 Å². The Bertz CT molecular complexity index is 283. The number of hydrogen-bond donors (Lipinski definition) is 1. The first kappa shape index (κ1) is 16.7. The van der Waals surface area contributed by atoms with E-state index in [9.17, 15) is 4.79 Å². The molecule has 0 aromatic rings. The first-order valence-electron chi connectivity index (χ1n) is 7.04. The van der Waals surface area contributed by atoms with Gasteiger partial charge in [-0.25, -0.2) is 0 Å². The maximum Gasteiger partial charge on any atom is 0.239 e. The highest BCUT2D eigenvalue weighted by molar-refractivity contribution is 5.85. The molecule has 2 rings (SSSR count). The van der Waals surface area contributed by atoms with E-state index in [2.05, 4.69) is 4.90 Å². The Kier molecular flexibility index (Phi) is 7.07. The van der Waals surface area contributed by atoms with E-state index in [4.69, 9.17) is 10.5 Å². The molecule has 5 nitrogen and oxygen atoms in total. The minimum absolute atomic E-state index is 0. The number of piperidine rings is 1. The van der Waals surface area contributed by atoms with Crippen LogP contribution in [0.2, 0.25) is 0 Å². The van der Waals surface area contributed by atoms with Crippen LogP contribution in [0.15, 0.2) is 0 Å². The average molecular weight is 292 g/mol.